The van der Waals surface area contributed by atoms with Crippen LogP contribution in [0.2, 0.25) is 0 Å². The van der Waals surface area contributed by atoms with Gasteiger partial charge in [-0.3, -0.25) is 4.79 Å². The van der Waals surface area contributed by atoms with Crippen molar-refractivity contribution in [2.45, 2.75) is 45.3 Å². The molecule has 3 aromatic rings. The zero-order valence-corrected chi connectivity index (χ0v) is 18.7. The Bertz CT molecular complexity index is 1150. The molecule has 1 aliphatic rings. The maximum Gasteiger partial charge on any atom is 0.416 e. The van der Waals surface area contributed by atoms with Crippen LogP contribution in [-0.4, -0.2) is 18.5 Å². The molecule has 1 aliphatic carbocycles. The molecule has 0 saturated carbocycles. The predicted octanol–water partition coefficient (Wildman–Crippen LogP) is 6.40. The number of fused-ring (bicyclic) bond motifs is 1. The van der Waals surface area contributed by atoms with Crippen LogP contribution in [0, 0.1) is 6.92 Å². The van der Waals surface area contributed by atoms with E-state index in [-0.39, 0.29) is 5.91 Å². The number of halogens is 3. The molecule has 0 saturated heterocycles. The van der Waals surface area contributed by atoms with E-state index in [2.05, 4.69) is 23.6 Å². The third-order valence-electron chi connectivity index (χ3n) is 6.10. The summed E-state index contributed by atoms with van der Waals surface area (Å²) in [6.07, 6.45) is -1.39. The molecule has 6 heteroatoms. The van der Waals surface area contributed by atoms with E-state index in [4.69, 9.17) is 0 Å². The van der Waals surface area contributed by atoms with Gasteiger partial charge in [0.05, 0.1) is 5.56 Å². The summed E-state index contributed by atoms with van der Waals surface area (Å²) in [6, 6.07) is 16.7. The number of nitrogens with one attached hydrogen (secondary N) is 2. The number of aryl methyl sites for hydroxylation is 1. The van der Waals surface area contributed by atoms with Crippen molar-refractivity contribution in [2.75, 3.05) is 11.9 Å². The Morgan fingerprint density at radius 1 is 1.00 bits per heavy atom. The number of alkyl halides is 3. The Morgan fingerprint density at radius 2 is 1.73 bits per heavy atom. The van der Waals surface area contributed by atoms with Gasteiger partial charge >= 0.3 is 6.18 Å². The van der Waals surface area contributed by atoms with Crippen LogP contribution < -0.4 is 10.6 Å². The van der Waals surface area contributed by atoms with Crippen molar-refractivity contribution in [3.8, 4) is 11.1 Å². The Balaban J connectivity index is 1.57. The zero-order chi connectivity index (χ0) is 23.6. The second-order valence-corrected chi connectivity index (χ2v) is 8.57. The number of anilines is 1. The van der Waals surface area contributed by atoms with Crippen molar-refractivity contribution in [2.24, 2.45) is 0 Å². The van der Waals surface area contributed by atoms with Gasteiger partial charge in [0.15, 0.2) is 0 Å². The minimum atomic E-state index is -4.40. The molecule has 3 nitrogen and oxygen atoms in total. The lowest BCUT2D eigenvalue weighted by atomic mass is 9.93. The predicted molar refractivity (Wildman–Crippen MR) is 126 cm³/mol. The van der Waals surface area contributed by atoms with Crippen molar-refractivity contribution in [3.05, 3.63) is 88.5 Å². The molecule has 0 radical (unpaired) electrons. The molecule has 1 amide bonds. The van der Waals surface area contributed by atoms with Gasteiger partial charge in [-0.15, -0.1) is 0 Å². The lowest BCUT2D eigenvalue weighted by molar-refractivity contribution is -0.137. The van der Waals surface area contributed by atoms with Crippen molar-refractivity contribution in [1.82, 2.24) is 5.32 Å². The number of carbonyl (C=O) groups is 1. The minimum Gasteiger partial charge on any atom is -0.322 e. The van der Waals surface area contributed by atoms with E-state index in [9.17, 15) is 18.0 Å². The van der Waals surface area contributed by atoms with Crippen molar-refractivity contribution < 1.29 is 18.0 Å². The molecule has 3 aromatic carbocycles. The number of carbonyl (C=O) groups excluding carboxylic acids is 1. The van der Waals surface area contributed by atoms with Crippen LogP contribution in [0.4, 0.5) is 18.9 Å². The second kappa shape index (κ2) is 9.40. The topological polar surface area (TPSA) is 41.1 Å². The van der Waals surface area contributed by atoms with Gasteiger partial charge in [-0.05, 0) is 90.9 Å². The summed E-state index contributed by atoms with van der Waals surface area (Å²) in [5.74, 6) is -0.285. The second-order valence-electron chi connectivity index (χ2n) is 8.57. The van der Waals surface area contributed by atoms with Gasteiger partial charge in [-0.1, -0.05) is 37.3 Å². The maximum atomic E-state index is 13.2. The highest BCUT2D eigenvalue weighted by atomic mass is 19.4. The van der Waals surface area contributed by atoms with E-state index < -0.39 is 11.7 Å². The number of hydrogen-bond acceptors (Lipinski definition) is 2. The van der Waals surface area contributed by atoms with Gasteiger partial charge in [-0.25, -0.2) is 0 Å². The quantitative estimate of drug-likeness (QED) is 0.454. The van der Waals surface area contributed by atoms with E-state index in [1.54, 1.807) is 12.1 Å². The number of benzene rings is 3. The van der Waals surface area contributed by atoms with Crippen LogP contribution in [0.3, 0.4) is 0 Å². The maximum absolute atomic E-state index is 13.2. The van der Waals surface area contributed by atoms with E-state index in [1.807, 2.05) is 25.1 Å². The highest BCUT2D eigenvalue weighted by Gasteiger charge is 2.30. The summed E-state index contributed by atoms with van der Waals surface area (Å²) in [4.78, 5) is 13.2. The molecule has 4 rings (SSSR count). The molecule has 33 heavy (non-hydrogen) atoms. The minimum absolute atomic E-state index is 0.285. The standard InChI is InChI=1S/C27H27F3N2O/c1-3-13-31-23-14-19-9-12-22(15-20(19)16-23)32-26(33)24-6-4-5-17(2)25(24)18-7-10-21(11-8-18)27(28,29)30/h4-12,15,23,31H,3,13-14,16H2,1-2H3,(H,32,33). The van der Waals surface area contributed by atoms with Gasteiger partial charge in [0.1, 0.15) is 0 Å². The monoisotopic (exact) mass is 452 g/mol. The third-order valence-corrected chi connectivity index (χ3v) is 6.10. The van der Waals surface area contributed by atoms with Crippen LogP contribution in [0.5, 0.6) is 0 Å². The summed E-state index contributed by atoms with van der Waals surface area (Å²) in [5.41, 5.74) is 4.99. The van der Waals surface area contributed by atoms with E-state index >= 15 is 0 Å². The molecule has 0 heterocycles. The van der Waals surface area contributed by atoms with Crippen LogP contribution >= 0.6 is 0 Å². The van der Waals surface area contributed by atoms with Crippen molar-refractivity contribution in [3.63, 3.8) is 0 Å². The zero-order valence-electron chi connectivity index (χ0n) is 18.7. The van der Waals surface area contributed by atoms with Gasteiger partial charge in [0.2, 0.25) is 0 Å². The fraction of sp³-hybridized carbons (Fsp3) is 0.296. The number of hydrogen-bond donors (Lipinski definition) is 2. The molecular formula is C27H27F3N2O. The van der Waals surface area contributed by atoms with Gasteiger partial charge < -0.3 is 10.6 Å². The average Bonchev–Trinajstić information content (AvgIpc) is 3.19. The Morgan fingerprint density at radius 3 is 2.42 bits per heavy atom. The average molecular weight is 453 g/mol. The fourth-order valence-corrected chi connectivity index (χ4v) is 4.45. The molecule has 0 spiro atoms. The molecule has 1 atom stereocenters. The number of amides is 1. The molecule has 1 unspecified atom stereocenters. The normalized spacial score (nSPS) is 15.4. The summed E-state index contributed by atoms with van der Waals surface area (Å²) in [5, 5.41) is 6.53. The van der Waals surface area contributed by atoms with Crippen molar-refractivity contribution in [1.29, 1.82) is 0 Å². The molecule has 0 aromatic heterocycles. The molecule has 172 valence electrons. The Labute approximate surface area is 192 Å². The van der Waals surface area contributed by atoms with Crippen LogP contribution in [0.25, 0.3) is 11.1 Å². The van der Waals surface area contributed by atoms with Crippen LogP contribution in [0.1, 0.15) is 46.0 Å². The summed E-state index contributed by atoms with van der Waals surface area (Å²) < 4.78 is 38.9. The molecule has 0 aliphatic heterocycles. The Hall–Kier alpha value is -3.12. The summed E-state index contributed by atoms with van der Waals surface area (Å²) in [6.45, 7) is 4.98. The van der Waals surface area contributed by atoms with Gasteiger partial charge in [-0.2, -0.15) is 13.2 Å². The lowest BCUT2D eigenvalue weighted by Gasteiger charge is -2.15. The van der Waals surface area contributed by atoms with Gasteiger partial charge in [0.25, 0.3) is 5.91 Å². The molecular weight excluding hydrogens is 425 g/mol. The first kappa shape index (κ1) is 23.1. The van der Waals surface area contributed by atoms with Crippen LogP contribution in [0.15, 0.2) is 60.7 Å². The Kier molecular flexibility index (Phi) is 6.56. The largest absolute Gasteiger partial charge is 0.416 e. The van der Waals surface area contributed by atoms with E-state index in [1.165, 1.54) is 23.3 Å². The first-order chi connectivity index (χ1) is 15.8. The summed E-state index contributed by atoms with van der Waals surface area (Å²) in [7, 11) is 0. The number of rotatable bonds is 6. The first-order valence-electron chi connectivity index (χ1n) is 11.2. The molecule has 0 bridgehead atoms. The van der Waals surface area contributed by atoms with Crippen LogP contribution in [-0.2, 0) is 19.0 Å². The lowest BCUT2D eigenvalue weighted by Crippen LogP contribution is -2.29. The third kappa shape index (κ3) is 5.11. The summed E-state index contributed by atoms with van der Waals surface area (Å²) >= 11 is 0. The highest BCUT2D eigenvalue weighted by molar-refractivity contribution is 6.09. The van der Waals surface area contributed by atoms with E-state index in [0.717, 1.165) is 49.2 Å². The SMILES string of the molecule is CCCNC1Cc2ccc(NC(=O)c3cccc(C)c3-c3ccc(C(F)(F)F)cc3)cc2C1. The van der Waals surface area contributed by atoms with Crippen molar-refractivity contribution >= 4 is 11.6 Å². The highest BCUT2D eigenvalue weighted by Crippen LogP contribution is 2.33. The molecule has 0 fully saturated rings. The van der Waals surface area contributed by atoms with Gasteiger partial charge in [0, 0.05) is 17.3 Å². The van der Waals surface area contributed by atoms with E-state index in [0.29, 0.717) is 22.7 Å². The first-order valence-corrected chi connectivity index (χ1v) is 11.2. The fourth-order valence-electron chi connectivity index (χ4n) is 4.45. The smallest absolute Gasteiger partial charge is 0.322 e. The molecule has 2 N–H and O–H groups in total.